The number of benzene rings is 1. The number of nitrogens with zero attached hydrogens (tertiary/aromatic N) is 2. The largest absolute Gasteiger partial charge is 0.573 e. The molecule has 9 heteroatoms. The molecule has 0 aliphatic rings. The topological polar surface area (TPSA) is 44.2 Å². The van der Waals surface area contributed by atoms with Gasteiger partial charge in [-0.3, -0.25) is 0 Å². The van der Waals surface area contributed by atoms with Crippen LogP contribution in [0.2, 0.25) is 5.15 Å². The SMILES string of the molecule is FC(F)(F)Oc1ccc(OCc2ccc(Cl)nn2)cc1Br. The first-order valence-electron chi connectivity index (χ1n) is 5.50. The minimum absolute atomic E-state index is 0.107. The van der Waals surface area contributed by atoms with E-state index in [1.807, 2.05) is 0 Å². The second kappa shape index (κ2) is 6.48. The molecule has 112 valence electrons. The molecule has 0 amide bonds. The molecule has 2 rings (SSSR count). The summed E-state index contributed by atoms with van der Waals surface area (Å²) >= 11 is 8.58. The molecule has 0 saturated heterocycles. The van der Waals surface area contributed by atoms with Crippen molar-refractivity contribution in [2.45, 2.75) is 13.0 Å². The van der Waals surface area contributed by atoms with E-state index < -0.39 is 6.36 Å². The molecular weight excluding hydrogens is 376 g/mol. The van der Waals surface area contributed by atoms with E-state index in [0.29, 0.717) is 11.4 Å². The van der Waals surface area contributed by atoms with Gasteiger partial charge in [0.25, 0.3) is 0 Å². The van der Waals surface area contributed by atoms with Gasteiger partial charge in [-0.1, -0.05) is 11.6 Å². The molecule has 0 aliphatic carbocycles. The number of halogens is 5. The van der Waals surface area contributed by atoms with Crippen molar-refractivity contribution in [3.8, 4) is 11.5 Å². The van der Waals surface area contributed by atoms with Crippen LogP contribution < -0.4 is 9.47 Å². The van der Waals surface area contributed by atoms with Gasteiger partial charge in [0.05, 0.1) is 4.47 Å². The highest BCUT2D eigenvalue weighted by atomic mass is 79.9. The van der Waals surface area contributed by atoms with Gasteiger partial charge in [0.2, 0.25) is 0 Å². The van der Waals surface area contributed by atoms with E-state index in [9.17, 15) is 13.2 Å². The summed E-state index contributed by atoms with van der Waals surface area (Å²) in [6.45, 7) is 0.107. The summed E-state index contributed by atoms with van der Waals surface area (Å²) < 4.78 is 45.7. The maximum atomic E-state index is 12.1. The van der Waals surface area contributed by atoms with E-state index in [-0.39, 0.29) is 22.0 Å². The summed E-state index contributed by atoms with van der Waals surface area (Å²) in [5.41, 5.74) is 0.533. The van der Waals surface area contributed by atoms with E-state index in [0.717, 1.165) is 6.07 Å². The molecule has 0 N–H and O–H groups in total. The summed E-state index contributed by atoms with van der Waals surface area (Å²) in [6, 6.07) is 7.06. The lowest BCUT2D eigenvalue weighted by Gasteiger charge is -2.12. The van der Waals surface area contributed by atoms with Crippen LogP contribution in [-0.4, -0.2) is 16.6 Å². The maximum absolute atomic E-state index is 12.1. The second-order valence-electron chi connectivity index (χ2n) is 3.78. The van der Waals surface area contributed by atoms with Crippen molar-refractivity contribution in [3.05, 3.63) is 45.7 Å². The Balaban J connectivity index is 2.01. The minimum atomic E-state index is -4.75. The van der Waals surface area contributed by atoms with Gasteiger partial charge in [0.15, 0.2) is 5.15 Å². The molecule has 0 fully saturated rings. The number of hydrogen-bond donors (Lipinski definition) is 0. The van der Waals surface area contributed by atoms with Gasteiger partial charge < -0.3 is 9.47 Å². The average Bonchev–Trinajstić information content (AvgIpc) is 2.40. The third kappa shape index (κ3) is 5.05. The van der Waals surface area contributed by atoms with E-state index in [4.69, 9.17) is 16.3 Å². The van der Waals surface area contributed by atoms with Gasteiger partial charge >= 0.3 is 6.36 Å². The highest BCUT2D eigenvalue weighted by Crippen LogP contribution is 2.33. The van der Waals surface area contributed by atoms with Gasteiger partial charge in [-0.15, -0.1) is 18.3 Å². The van der Waals surface area contributed by atoms with Crippen LogP contribution in [0.15, 0.2) is 34.8 Å². The molecule has 0 aliphatic heterocycles. The van der Waals surface area contributed by atoms with E-state index in [1.165, 1.54) is 12.1 Å². The highest BCUT2D eigenvalue weighted by molar-refractivity contribution is 9.10. The van der Waals surface area contributed by atoms with Crippen molar-refractivity contribution in [1.29, 1.82) is 0 Å². The van der Waals surface area contributed by atoms with Gasteiger partial charge in [-0.05, 0) is 46.3 Å². The lowest BCUT2D eigenvalue weighted by molar-refractivity contribution is -0.274. The first-order valence-corrected chi connectivity index (χ1v) is 6.67. The molecule has 21 heavy (non-hydrogen) atoms. The zero-order chi connectivity index (χ0) is 15.5. The minimum Gasteiger partial charge on any atom is -0.487 e. The highest BCUT2D eigenvalue weighted by Gasteiger charge is 2.31. The summed E-state index contributed by atoms with van der Waals surface area (Å²) in [5.74, 6) is 0.00860. The number of aromatic nitrogens is 2. The summed E-state index contributed by atoms with van der Waals surface area (Å²) in [5, 5.41) is 7.69. The molecule has 0 atom stereocenters. The van der Waals surface area contributed by atoms with Crippen LogP contribution in [0, 0.1) is 0 Å². The van der Waals surface area contributed by atoms with Gasteiger partial charge in [0.1, 0.15) is 23.8 Å². The molecule has 0 unspecified atom stereocenters. The van der Waals surface area contributed by atoms with Crippen LogP contribution in [0.25, 0.3) is 0 Å². The Bertz CT molecular complexity index is 623. The fourth-order valence-corrected chi connectivity index (χ4v) is 1.90. The van der Waals surface area contributed by atoms with Crippen LogP contribution in [0.1, 0.15) is 5.69 Å². The Kier molecular flexibility index (Phi) is 4.89. The first-order chi connectivity index (χ1) is 9.83. The molecule has 1 aromatic carbocycles. The standard InChI is InChI=1S/C12H7BrClF3N2O2/c13-9-5-8(2-3-10(9)21-12(15,16)17)20-6-7-1-4-11(14)19-18-7/h1-5H,6H2. The van der Waals surface area contributed by atoms with E-state index >= 15 is 0 Å². The molecule has 2 aromatic rings. The quantitative estimate of drug-likeness (QED) is 0.786. The lowest BCUT2D eigenvalue weighted by Crippen LogP contribution is -2.17. The molecule has 1 aromatic heterocycles. The second-order valence-corrected chi connectivity index (χ2v) is 5.02. The maximum Gasteiger partial charge on any atom is 0.573 e. The monoisotopic (exact) mass is 382 g/mol. The Morgan fingerprint density at radius 3 is 2.48 bits per heavy atom. The molecule has 0 saturated carbocycles. The van der Waals surface area contributed by atoms with Crippen molar-refractivity contribution >= 4 is 27.5 Å². The first kappa shape index (κ1) is 15.8. The Hall–Kier alpha value is -1.54. The smallest absolute Gasteiger partial charge is 0.487 e. The van der Waals surface area contributed by atoms with Gasteiger partial charge in [-0.2, -0.15) is 5.10 Å². The van der Waals surface area contributed by atoms with Crippen LogP contribution in [0.4, 0.5) is 13.2 Å². The van der Waals surface area contributed by atoms with Gasteiger partial charge in [-0.25, -0.2) is 0 Å². The van der Waals surface area contributed by atoms with Crippen molar-refractivity contribution in [2.24, 2.45) is 0 Å². The Labute approximate surface area is 131 Å². The van der Waals surface area contributed by atoms with E-state index in [1.54, 1.807) is 12.1 Å². The zero-order valence-electron chi connectivity index (χ0n) is 10.2. The third-order valence-electron chi connectivity index (χ3n) is 2.20. The number of alkyl halides is 3. The molecule has 0 radical (unpaired) electrons. The average molecular weight is 384 g/mol. The predicted octanol–water partition coefficient (Wildman–Crippen LogP) is 4.37. The summed E-state index contributed by atoms with van der Waals surface area (Å²) in [6.07, 6.45) is -4.75. The fraction of sp³-hybridized carbons (Fsp3) is 0.167. The number of ether oxygens (including phenoxy) is 2. The van der Waals surface area contributed by atoms with Crippen molar-refractivity contribution in [3.63, 3.8) is 0 Å². The molecular formula is C12H7BrClF3N2O2. The van der Waals surface area contributed by atoms with Crippen molar-refractivity contribution in [1.82, 2.24) is 10.2 Å². The van der Waals surface area contributed by atoms with E-state index in [2.05, 4.69) is 30.9 Å². The number of rotatable bonds is 4. The molecule has 4 nitrogen and oxygen atoms in total. The fourth-order valence-electron chi connectivity index (χ4n) is 1.36. The molecule has 0 spiro atoms. The molecule has 1 heterocycles. The van der Waals surface area contributed by atoms with Crippen LogP contribution in [0.5, 0.6) is 11.5 Å². The van der Waals surface area contributed by atoms with Crippen molar-refractivity contribution in [2.75, 3.05) is 0 Å². The predicted molar refractivity (Wildman–Crippen MR) is 72.2 cm³/mol. The van der Waals surface area contributed by atoms with Crippen LogP contribution >= 0.6 is 27.5 Å². The van der Waals surface area contributed by atoms with Crippen LogP contribution in [-0.2, 0) is 6.61 Å². The normalized spacial score (nSPS) is 11.3. The third-order valence-corrected chi connectivity index (χ3v) is 3.02. The lowest BCUT2D eigenvalue weighted by atomic mass is 10.3. The Morgan fingerprint density at radius 1 is 1.14 bits per heavy atom. The van der Waals surface area contributed by atoms with Gasteiger partial charge in [0, 0.05) is 0 Å². The summed E-state index contributed by atoms with van der Waals surface area (Å²) in [4.78, 5) is 0. The number of hydrogen-bond acceptors (Lipinski definition) is 4. The zero-order valence-corrected chi connectivity index (χ0v) is 12.5. The van der Waals surface area contributed by atoms with Crippen molar-refractivity contribution < 1.29 is 22.6 Å². The Morgan fingerprint density at radius 2 is 1.90 bits per heavy atom. The van der Waals surface area contributed by atoms with Crippen LogP contribution in [0.3, 0.4) is 0 Å². The molecule has 0 bridgehead atoms. The summed E-state index contributed by atoms with van der Waals surface area (Å²) in [7, 11) is 0.